The summed E-state index contributed by atoms with van der Waals surface area (Å²) in [5.74, 6) is 0.668. The normalized spacial score (nSPS) is 50.2. The SMILES string of the molecule is CC1(C)C2CC(=O)C1(C)C(O)C2. The van der Waals surface area contributed by atoms with Crippen LogP contribution in [0, 0.1) is 16.7 Å². The molecule has 2 rings (SSSR count). The lowest BCUT2D eigenvalue weighted by molar-refractivity contribution is -0.135. The predicted octanol–water partition coefficient (Wildman–Crippen LogP) is 1.37. The molecule has 0 radical (unpaired) electrons. The Morgan fingerprint density at radius 2 is 2.00 bits per heavy atom. The second-order valence-corrected chi connectivity index (χ2v) is 5.00. The summed E-state index contributed by atoms with van der Waals surface area (Å²) in [6.45, 7) is 6.14. The highest BCUT2D eigenvalue weighted by Gasteiger charge is 2.66. The number of ketones is 1. The molecule has 0 spiro atoms. The molecule has 0 heterocycles. The van der Waals surface area contributed by atoms with Crippen LogP contribution in [0.4, 0.5) is 0 Å². The fraction of sp³-hybridized carbons (Fsp3) is 0.900. The smallest absolute Gasteiger partial charge is 0.142 e. The molecule has 0 aromatic heterocycles. The van der Waals surface area contributed by atoms with Gasteiger partial charge in [0.25, 0.3) is 0 Å². The highest BCUT2D eigenvalue weighted by atomic mass is 16.3. The molecule has 2 heteroatoms. The number of carbonyl (C=O) groups is 1. The van der Waals surface area contributed by atoms with Crippen LogP contribution in [-0.4, -0.2) is 17.0 Å². The van der Waals surface area contributed by atoms with Crippen LogP contribution in [0.2, 0.25) is 0 Å². The summed E-state index contributed by atoms with van der Waals surface area (Å²) in [6.07, 6.45) is 1.09. The summed E-state index contributed by atoms with van der Waals surface area (Å²) in [4.78, 5) is 11.6. The minimum Gasteiger partial charge on any atom is -0.392 e. The van der Waals surface area contributed by atoms with Crippen LogP contribution in [-0.2, 0) is 4.79 Å². The largest absolute Gasteiger partial charge is 0.392 e. The van der Waals surface area contributed by atoms with Crippen LogP contribution < -0.4 is 0 Å². The third kappa shape index (κ3) is 0.598. The van der Waals surface area contributed by atoms with Crippen molar-refractivity contribution in [3.05, 3.63) is 0 Å². The van der Waals surface area contributed by atoms with Crippen LogP contribution >= 0.6 is 0 Å². The highest BCUT2D eigenvalue weighted by molar-refractivity contribution is 5.90. The maximum absolute atomic E-state index is 11.6. The van der Waals surface area contributed by atoms with Crippen molar-refractivity contribution in [2.75, 3.05) is 0 Å². The molecule has 2 fully saturated rings. The van der Waals surface area contributed by atoms with Gasteiger partial charge in [0.05, 0.1) is 11.5 Å². The Morgan fingerprint density at radius 1 is 1.42 bits per heavy atom. The first-order valence-corrected chi connectivity index (χ1v) is 4.62. The molecule has 12 heavy (non-hydrogen) atoms. The van der Waals surface area contributed by atoms with Gasteiger partial charge < -0.3 is 5.11 Å². The fourth-order valence-electron chi connectivity index (χ4n) is 2.97. The van der Waals surface area contributed by atoms with Crippen molar-refractivity contribution in [2.24, 2.45) is 16.7 Å². The molecule has 3 unspecified atom stereocenters. The quantitative estimate of drug-likeness (QED) is 0.593. The summed E-state index contributed by atoms with van der Waals surface area (Å²) in [6, 6.07) is 0. The van der Waals surface area contributed by atoms with Crippen molar-refractivity contribution in [1.82, 2.24) is 0 Å². The van der Waals surface area contributed by atoms with Gasteiger partial charge in [-0.2, -0.15) is 0 Å². The zero-order valence-corrected chi connectivity index (χ0v) is 7.92. The number of Topliss-reactive ketones (excluding diaryl/α,β-unsaturated/α-hetero) is 1. The molecule has 68 valence electrons. The Kier molecular flexibility index (Phi) is 1.32. The van der Waals surface area contributed by atoms with Crippen molar-refractivity contribution in [3.63, 3.8) is 0 Å². The van der Waals surface area contributed by atoms with Crippen molar-refractivity contribution in [2.45, 2.75) is 39.7 Å². The number of hydrogen-bond donors (Lipinski definition) is 1. The van der Waals surface area contributed by atoms with E-state index >= 15 is 0 Å². The van der Waals surface area contributed by atoms with Crippen LogP contribution in [0.15, 0.2) is 0 Å². The minimum atomic E-state index is -0.461. The minimum absolute atomic E-state index is 0.00347. The first kappa shape index (κ1) is 8.24. The average Bonchev–Trinajstić information content (AvgIpc) is 2.20. The third-order valence-electron chi connectivity index (χ3n) is 4.54. The van der Waals surface area contributed by atoms with E-state index < -0.39 is 11.5 Å². The van der Waals surface area contributed by atoms with Crippen molar-refractivity contribution in [1.29, 1.82) is 0 Å². The molecule has 2 aliphatic carbocycles. The highest BCUT2D eigenvalue weighted by Crippen LogP contribution is 2.63. The molecule has 2 aliphatic rings. The van der Waals surface area contributed by atoms with Gasteiger partial charge in [-0.05, 0) is 24.7 Å². The molecule has 0 aliphatic heterocycles. The van der Waals surface area contributed by atoms with Gasteiger partial charge in [0.15, 0.2) is 0 Å². The molecule has 3 atom stereocenters. The number of rotatable bonds is 0. The van der Waals surface area contributed by atoms with E-state index in [1.807, 2.05) is 6.92 Å². The van der Waals surface area contributed by atoms with Gasteiger partial charge in [-0.25, -0.2) is 0 Å². The molecule has 2 nitrogen and oxygen atoms in total. The van der Waals surface area contributed by atoms with Crippen LogP contribution in [0.3, 0.4) is 0 Å². The Morgan fingerprint density at radius 3 is 2.25 bits per heavy atom. The Hall–Kier alpha value is -0.370. The van der Waals surface area contributed by atoms with E-state index in [1.165, 1.54) is 0 Å². The molecule has 0 amide bonds. The topological polar surface area (TPSA) is 37.3 Å². The first-order chi connectivity index (χ1) is 5.40. The molecular weight excluding hydrogens is 152 g/mol. The fourth-order valence-corrected chi connectivity index (χ4v) is 2.97. The van der Waals surface area contributed by atoms with Crippen molar-refractivity contribution < 1.29 is 9.90 Å². The summed E-state index contributed by atoms with van der Waals surface area (Å²) in [7, 11) is 0. The number of aliphatic hydroxyl groups excluding tert-OH is 1. The Labute approximate surface area is 73.0 Å². The maximum atomic E-state index is 11.6. The first-order valence-electron chi connectivity index (χ1n) is 4.62. The standard InChI is InChI=1S/C10H16O2/c1-9(2)6-4-7(11)10(9,3)8(12)5-6/h6-7,11H,4-5H2,1-3H3. The lowest BCUT2D eigenvalue weighted by Crippen LogP contribution is -2.41. The number of aliphatic hydroxyl groups is 1. The number of hydrogen-bond acceptors (Lipinski definition) is 2. The summed E-state index contributed by atoms with van der Waals surface area (Å²) in [5, 5.41) is 9.76. The molecule has 0 aromatic rings. The van der Waals surface area contributed by atoms with Crippen molar-refractivity contribution >= 4 is 5.78 Å². The van der Waals surface area contributed by atoms with Gasteiger partial charge in [0, 0.05) is 6.42 Å². The third-order valence-corrected chi connectivity index (χ3v) is 4.54. The predicted molar refractivity (Wildman–Crippen MR) is 45.6 cm³/mol. The second kappa shape index (κ2) is 1.92. The Bertz CT molecular complexity index is 244. The number of fused-ring (bicyclic) bond motifs is 2. The summed E-state index contributed by atoms with van der Waals surface area (Å²) in [5.41, 5.74) is -0.457. The molecule has 0 aromatic carbocycles. The van der Waals surface area contributed by atoms with E-state index in [0.29, 0.717) is 12.3 Å². The van der Waals surface area contributed by atoms with Gasteiger partial charge in [0.2, 0.25) is 0 Å². The van der Waals surface area contributed by atoms with Gasteiger partial charge in [-0.3, -0.25) is 4.79 Å². The molecule has 2 bridgehead atoms. The lowest BCUT2D eigenvalue weighted by Gasteiger charge is -2.34. The molecular formula is C10H16O2. The van der Waals surface area contributed by atoms with Gasteiger partial charge in [0.1, 0.15) is 5.78 Å². The van der Waals surface area contributed by atoms with Crippen molar-refractivity contribution in [3.8, 4) is 0 Å². The average molecular weight is 168 g/mol. The maximum Gasteiger partial charge on any atom is 0.142 e. The van der Waals surface area contributed by atoms with Crippen LogP contribution in [0.1, 0.15) is 33.6 Å². The van der Waals surface area contributed by atoms with Crippen LogP contribution in [0.25, 0.3) is 0 Å². The molecule has 0 saturated heterocycles. The lowest BCUT2D eigenvalue weighted by atomic mass is 9.69. The van der Waals surface area contributed by atoms with E-state index in [1.54, 1.807) is 0 Å². The van der Waals surface area contributed by atoms with E-state index in [0.717, 1.165) is 6.42 Å². The zero-order chi connectivity index (χ0) is 9.15. The summed E-state index contributed by atoms with van der Waals surface area (Å²) < 4.78 is 0. The molecule has 2 saturated carbocycles. The van der Waals surface area contributed by atoms with E-state index in [4.69, 9.17) is 0 Å². The second-order valence-electron chi connectivity index (χ2n) is 5.00. The van der Waals surface area contributed by atoms with Gasteiger partial charge in [-0.1, -0.05) is 13.8 Å². The molecule has 1 N–H and O–H groups in total. The van der Waals surface area contributed by atoms with E-state index in [-0.39, 0.29) is 11.2 Å². The van der Waals surface area contributed by atoms with E-state index in [2.05, 4.69) is 13.8 Å². The van der Waals surface area contributed by atoms with E-state index in [9.17, 15) is 9.90 Å². The number of carbonyl (C=O) groups excluding carboxylic acids is 1. The van der Waals surface area contributed by atoms with Gasteiger partial charge >= 0.3 is 0 Å². The Balaban J connectivity index is 2.51. The van der Waals surface area contributed by atoms with Crippen LogP contribution in [0.5, 0.6) is 0 Å². The van der Waals surface area contributed by atoms with Gasteiger partial charge in [-0.15, -0.1) is 0 Å². The monoisotopic (exact) mass is 168 g/mol. The summed E-state index contributed by atoms with van der Waals surface area (Å²) >= 11 is 0. The zero-order valence-electron chi connectivity index (χ0n) is 7.92.